The second kappa shape index (κ2) is 4.25. The molecule has 1 aromatic heterocycles. The lowest BCUT2D eigenvalue weighted by Gasteiger charge is -2.07. The van der Waals surface area contributed by atoms with Crippen LogP contribution in [-0.2, 0) is 9.59 Å². The topological polar surface area (TPSA) is 87.0 Å². The van der Waals surface area contributed by atoms with Crippen LogP contribution in [-0.4, -0.2) is 21.4 Å². The minimum Gasteiger partial charge on any atom is -0.805 e. The van der Waals surface area contributed by atoms with E-state index in [9.17, 15) is 14.8 Å². The van der Waals surface area contributed by atoms with Crippen LogP contribution in [0.1, 0.15) is 13.3 Å². The molecule has 1 heterocycles. The van der Waals surface area contributed by atoms with E-state index in [-0.39, 0.29) is 18.1 Å². The summed E-state index contributed by atoms with van der Waals surface area (Å²) >= 11 is 0. The Kier molecular flexibility index (Phi) is 2.78. The van der Waals surface area contributed by atoms with E-state index in [0.29, 0.717) is 21.5 Å². The van der Waals surface area contributed by atoms with Gasteiger partial charge in [0.25, 0.3) is 0 Å². The number of aromatic nitrogens is 2. The molecule has 2 aromatic rings. The van der Waals surface area contributed by atoms with Gasteiger partial charge >= 0.3 is 0 Å². The molecular weight excluding hydrogens is 222 g/mol. The Hall–Kier alpha value is -2.37. The summed E-state index contributed by atoms with van der Waals surface area (Å²) in [4.78, 5) is 26.0. The van der Waals surface area contributed by atoms with Crippen LogP contribution < -0.4 is 5.32 Å². The maximum Gasteiger partial charge on any atom is 0.231 e. The summed E-state index contributed by atoms with van der Waals surface area (Å²) in [5.74, 6) is -0.578. The number of carbonyl (C=O) groups excluding carboxylic acids is 2. The third-order valence-corrected chi connectivity index (χ3v) is 2.21. The number of rotatable bonds is 3. The smallest absolute Gasteiger partial charge is 0.231 e. The van der Waals surface area contributed by atoms with Gasteiger partial charge in [-0.3, -0.25) is 9.59 Å². The summed E-state index contributed by atoms with van der Waals surface area (Å²) in [5, 5.41) is 13.7. The second-order valence-corrected chi connectivity index (χ2v) is 3.70. The standard InChI is InChI=1S/C11H10N3O3/c1-7(15)4-11(16)13-8-2-3-10-9(5-8)12-6-14(10)17/h2-3,5-6H,4H2,1H3,(H,13,16)/q-1. The Morgan fingerprint density at radius 3 is 2.94 bits per heavy atom. The van der Waals surface area contributed by atoms with E-state index in [1.807, 2.05) is 0 Å². The number of Topliss-reactive ketones (excluding diaryl/α,β-unsaturated/α-hetero) is 1. The van der Waals surface area contributed by atoms with Crippen molar-refractivity contribution in [3.05, 3.63) is 29.7 Å². The predicted molar refractivity (Wildman–Crippen MR) is 62.4 cm³/mol. The molecule has 0 aliphatic carbocycles. The molecule has 0 saturated carbocycles. The molecule has 6 heteroatoms. The van der Waals surface area contributed by atoms with Crippen LogP contribution in [0.4, 0.5) is 5.69 Å². The van der Waals surface area contributed by atoms with Gasteiger partial charge < -0.3 is 15.3 Å². The molecule has 17 heavy (non-hydrogen) atoms. The number of ketones is 1. The van der Waals surface area contributed by atoms with Gasteiger partial charge in [0.1, 0.15) is 5.78 Å². The summed E-state index contributed by atoms with van der Waals surface area (Å²) in [6.07, 6.45) is 1.000. The van der Waals surface area contributed by atoms with Gasteiger partial charge in [0.2, 0.25) is 5.91 Å². The Morgan fingerprint density at radius 1 is 1.47 bits per heavy atom. The molecule has 1 aromatic carbocycles. The van der Waals surface area contributed by atoms with E-state index in [1.165, 1.54) is 6.92 Å². The van der Waals surface area contributed by atoms with Crippen molar-refractivity contribution in [2.75, 3.05) is 5.32 Å². The average Bonchev–Trinajstić information content (AvgIpc) is 2.58. The lowest BCUT2D eigenvalue weighted by Crippen LogP contribution is -2.14. The zero-order valence-corrected chi connectivity index (χ0v) is 9.14. The molecule has 2 rings (SSSR count). The van der Waals surface area contributed by atoms with E-state index in [2.05, 4.69) is 10.3 Å². The van der Waals surface area contributed by atoms with Crippen LogP contribution in [0.2, 0.25) is 0 Å². The number of benzene rings is 1. The molecule has 6 nitrogen and oxygen atoms in total. The van der Waals surface area contributed by atoms with Crippen molar-refractivity contribution in [1.82, 2.24) is 9.71 Å². The molecule has 0 unspecified atom stereocenters. The highest BCUT2D eigenvalue weighted by molar-refractivity contribution is 6.04. The molecule has 0 aliphatic heterocycles. The number of amides is 1. The summed E-state index contributed by atoms with van der Waals surface area (Å²) in [7, 11) is 0. The molecule has 0 spiro atoms. The molecular formula is C11H10N3O3-. The highest BCUT2D eigenvalue weighted by Crippen LogP contribution is 2.17. The first-order chi connectivity index (χ1) is 8.06. The maximum absolute atomic E-state index is 11.3. The Balaban J connectivity index is 2.19. The van der Waals surface area contributed by atoms with Crippen LogP contribution in [0.5, 0.6) is 0 Å². The lowest BCUT2D eigenvalue weighted by molar-refractivity contribution is -0.124. The van der Waals surface area contributed by atoms with Crippen molar-refractivity contribution in [2.24, 2.45) is 0 Å². The SMILES string of the molecule is CC(=O)CC(=O)Nc1ccc2c(c1)ncn2[O-]. The molecule has 1 N–H and O–H groups in total. The molecule has 0 radical (unpaired) electrons. The fourth-order valence-corrected chi connectivity index (χ4v) is 1.50. The average molecular weight is 232 g/mol. The number of imidazole rings is 1. The number of hydrogen-bond donors (Lipinski definition) is 1. The van der Waals surface area contributed by atoms with Gasteiger partial charge in [-0.15, -0.1) is 0 Å². The van der Waals surface area contributed by atoms with Crippen molar-refractivity contribution in [1.29, 1.82) is 0 Å². The Morgan fingerprint density at radius 2 is 2.24 bits per heavy atom. The summed E-state index contributed by atoms with van der Waals surface area (Å²) < 4.78 is 0.649. The quantitative estimate of drug-likeness (QED) is 0.808. The molecule has 0 aliphatic rings. The fraction of sp³-hybridized carbons (Fsp3) is 0.182. The molecule has 0 bridgehead atoms. The van der Waals surface area contributed by atoms with Crippen LogP contribution >= 0.6 is 0 Å². The number of hydrogen-bond acceptors (Lipinski definition) is 4. The summed E-state index contributed by atoms with van der Waals surface area (Å²) in [6, 6.07) is 4.75. The van der Waals surface area contributed by atoms with Gasteiger partial charge in [-0.05, 0) is 25.1 Å². The largest absolute Gasteiger partial charge is 0.805 e. The Labute approximate surface area is 96.8 Å². The predicted octanol–water partition coefficient (Wildman–Crippen LogP) is 1.30. The van der Waals surface area contributed by atoms with Crippen LogP contribution in [0.15, 0.2) is 24.5 Å². The summed E-state index contributed by atoms with van der Waals surface area (Å²) in [5.41, 5.74) is 1.46. The monoisotopic (exact) mass is 232 g/mol. The van der Waals surface area contributed by atoms with Gasteiger partial charge in [-0.25, -0.2) is 4.98 Å². The van der Waals surface area contributed by atoms with Gasteiger partial charge in [0.15, 0.2) is 0 Å². The van der Waals surface area contributed by atoms with Gasteiger partial charge in [0, 0.05) is 5.69 Å². The van der Waals surface area contributed by atoms with Gasteiger partial charge in [-0.2, -0.15) is 0 Å². The van der Waals surface area contributed by atoms with E-state index in [1.54, 1.807) is 18.2 Å². The van der Waals surface area contributed by atoms with Gasteiger partial charge in [-0.1, -0.05) is 0 Å². The molecule has 0 atom stereocenters. The number of nitrogens with one attached hydrogen (secondary N) is 1. The highest BCUT2D eigenvalue weighted by Gasteiger charge is 2.06. The van der Waals surface area contributed by atoms with Crippen LogP contribution in [0, 0.1) is 5.21 Å². The zero-order chi connectivity index (χ0) is 12.4. The molecule has 0 saturated heterocycles. The van der Waals surface area contributed by atoms with Crippen molar-refractivity contribution < 1.29 is 9.59 Å². The first-order valence-electron chi connectivity index (χ1n) is 5.00. The minimum absolute atomic E-state index is 0.159. The van der Waals surface area contributed by atoms with Crippen molar-refractivity contribution in [3.8, 4) is 0 Å². The number of nitrogens with zero attached hydrogens (tertiary/aromatic N) is 2. The summed E-state index contributed by atoms with van der Waals surface area (Å²) in [6.45, 7) is 1.35. The normalized spacial score (nSPS) is 10.4. The van der Waals surface area contributed by atoms with E-state index < -0.39 is 0 Å². The van der Waals surface area contributed by atoms with E-state index >= 15 is 0 Å². The minimum atomic E-state index is -0.376. The van der Waals surface area contributed by atoms with E-state index in [4.69, 9.17) is 0 Å². The van der Waals surface area contributed by atoms with Crippen LogP contribution in [0.25, 0.3) is 11.0 Å². The van der Waals surface area contributed by atoms with Crippen LogP contribution in [0.3, 0.4) is 0 Å². The number of carbonyl (C=O) groups is 2. The van der Waals surface area contributed by atoms with E-state index in [0.717, 1.165) is 6.33 Å². The fourth-order valence-electron chi connectivity index (χ4n) is 1.50. The van der Waals surface area contributed by atoms with Crippen molar-refractivity contribution >= 4 is 28.4 Å². The maximum atomic E-state index is 11.3. The van der Waals surface area contributed by atoms with Gasteiger partial charge in [0.05, 0.1) is 23.8 Å². The second-order valence-electron chi connectivity index (χ2n) is 3.70. The zero-order valence-electron chi connectivity index (χ0n) is 9.14. The number of fused-ring (bicyclic) bond motifs is 1. The lowest BCUT2D eigenvalue weighted by atomic mass is 10.2. The third-order valence-electron chi connectivity index (χ3n) is 2.21. The number of anilines is 1. The first kappa shape index (κ1) is 11.1. The van der Waals surface area contributed by atoms with Crippen molar-refractivity contribution in [2.45, 2.75) is 13.3 Å². The highest BCUT2D eigenvalue weighted by atomic mass is 16.5. The first-order valence-corrected chi connectivity index (χ1v) is 5.00. The Bertz CT molecular complexity index is 589. The molecule has 0 fully saturated rings. The molecule has 88 valence electrons. The van der Waals surface area contributed by atoms with Crippen molar-refractivity contribution in [3.63, 3.8) is 0 Å². The third kappa shape index (κ3) is 2.41. The molecule has 1 amide bonds.